The van der Waals surface area contributed by atoms with Gasteiger partial charge in [0, 0.05) is 49.5 Å². The van der Waals surface area contributed by atoms with Gasteiger partial charge in [0.1, 0.15) is 5.75 Å². The fraction of sp³-hybridized carbons (Fsp3) is 0.706. The van der Waals surface area contributed by atoms with Gasteiger partial charge in [0.15, 0.2) is 0 Å². The molecule has 1 saturated heterocycles. The molecule has 0 aliphatic carbocycles. The molecule has 1 aromatic rings. The lowest BCUT2D eigenvalue weighted by molar-refractivity contribution is 0.157. The smallest absolute Gasteiger partial charge is 0.141 e. The normalized spacial score (nSPS) is 16.1. The van der Waals surface area contributed by atoms with Crippen molar-refractivity contribution < 1.29 is 10.2 Å². The lowest BCUT2D eigenvalue weighted by atomic mass is 9.93. The van der Waals surface area contributed by atoms with E-state index in [0.29, 0.717) is 5.69 Å². The fourth-order valence-electron chi connectivity index (χ4n) is 3.24. The molecule has 1 atom stereocenters. The van der Waals surface area contributed by atoms with Crippen molar-refractivity contribution in [3.63, 3.8) is 0 Å². The summed E-state index contributed by atoms with van der Waals surface area (Å²) in [4.78, 5) is 6.62. The fourth-order valence-corrected chi connectivity index (χ4v) is 3.24. The first-order valence-electron chi connectivity index (χ1n) is 8.42. The number of piperazine rings is 1. The number of rotatable bonds is 7. The number of halogens is 2. The highest BCUT2D eigenvalue weighted by Gasteiger charge is 2.27. The van der Waals surface area contributed by atoms with E-state index in [-0.39, 0.29) is 43.2 Å². The lowest BCUT2D eigenvalue weighted by Crippen LogP contribution is -2.45. The summed E-state index contributed by atoms with van der Waals surface area (Å²) in [5.74, 6) is 0.256. The molecule has 5 nitrogen and oxygen atoms in total. The minimum Gasteiger partial charge on any atom is -0.506 e. The maximum absolute atomic E-state index is 10.6. The molecule has 2 rings (SSSR count). The van der Waals surface area contributed by atoms with Crippen LogP contribution in [0.15, 0.2) is 6.20 Å². The van der Waals surface area contributed by atoms with Crippen molar-refractivity contribution >= 4 is 24.8 Å². The predicted molar refractivity (Wildman–Crippen MR) is 102 cm³/mol. The van der Waals surface area contributed by atoms with Gasteiger partial charge in [-0.25, -0.2) is 0 Å². The first-order valence-corrected chi connectivity index (χ1v) is 8.42. The summed E-state index contributed by atoms with van der Waals surface area (Å²) >= 11 is 0. The summed E-state index contributed by atoms with van der Waals surface area (Å²) in [6.45, 7) is 7.85. The van der Waals surface area contributed by atoms with E-state index in [0.717, 1.165) is 50.1 Å². The topological polar surface area (TPSA) is 68.6 Å². The maximum Gasteiger partial charge on any atom is 0.141 e. The summed E-state index contributed by atoms with van der Waals surface area (Å²) in [5, 5.41) is 23.6. The van der Waals surface area contributed by atoms with Crippen molar-refractivity contribution in [1.29, 1.82) is 0 Å². The van der Waals surface area contributed by atoms with E-state index in [1.807, 2.05) is 6.92 Å². The van der Waals surface area contributed by atoms with Crippen LogP contribution in [0.25, 0.3) is 0 Å². The largest absolute Gasteiger partial charge is 0.506 e. The van der Waals surface area contributed by atoms with Gasteiger partial charge in [-0.3, -0.25) is 9.88 Å². The zero-order valence-electron chi connectivity index (χ0n) is 14.6. The van der Waals surface area contributed by atoms with Crippen LogP contribution in [0.4, 0.5) is 0 Å². The second kappa shape index (κ2) is 11.9. The molecule has 1 fully saturated rings. The van der Waals surface area contributed by atoms with E-state index in [2.05, 4.69) is 22.1 Å². The van der Waals surface area contributed by atoms with E-state index >= 15 is 0 Å². The molecule has 0 radical (unpaired) electrons. The molecule has 140 valence electrons. The zero-order chi connectivity index (χ0) is 15.9. The molecule has 0 spiro atoms. The third-order valence-electron chi connectivity index (χ3n) is 4.53. The Hall–Kier alpha value is -0.590. The van der Waals surface area contributed by atoms with Gasteiger partial charge in [0.05, 0.1) is 12.3 Å². The quantitative estimate of drug-likeness (QED) is 0.635. The lowest BCUT2D eigenvalue weighted by Gasteiger charge is -2.36. The van der Waals surface area contributed by atoms with E-state index < -0.39 is 0 Å². The van der Waals surface area contributed by atoms with Gasteiger partial charge in [-0.05, 0) is 13.3 Å². The van der Waals surface area contributed by atoms with Gasteiger partial charge in [0.25, 0.3) is 0 Å². The Morgan fingerprint density at radius 2 is 1.92 bits per heavy atom. The number of aromatic nitrogens is 1. The molecule has 3 N–H and O–H groups in total. The summed E-state index contributed by atoms with van der Waals surface area (Å²) < 4.78 is 0. The Morgan fingerprint density at radius 3 is 2.50 bits per heavy atom. The van der Waals surface area contributed by atoms with Gasteiger partial charge in [0.2, 0.25) is 0 Å². The number of nitrogens with one attached hydrogen (secondary N) is 1. The van der Waals surface area contributed by atoms with Crippen LogP contribution >= 0.6 is 24.8 Å². The molecule has 7 heteroatoms. The van der Waals surface area contributed by atoms with Crippen molar-refractivity contribution in [2.45, 2.75) is 52.2 Å². The molecule has 24 heavy (non-hydrogen) atoms. The number of aliphatic hydroxyl groups is 1. The predicted octanol–water partition coefficient (Wildman–Crippen LogP) is 2.96. The van der Waals surface area contributed by atoms with Gasteiger partial charge < -0.3 is 15.5 Å². The molecule has 0 bridgehead atoms. The van der Waals surface area contributed by atoms with Gasteiger partial charge in [-0.15, -0.1) is 24.8 Å². The van der Waals surface area contributed by atoms with Gasteiger partial charge in [-0.1, -0.05) is 26.2 Å². The monoisotopic (exact) mass is 379 g/mol. The first kappa shape index (κ1) is 23.4. The maximum atomic E-state index is 10.6. The highest BCUT2D eigenvalue weighted by atomic mass is 35.5. The van der Waals surface area contributed by atoms with Crippen LogP contribution in [0, 0.1) is 6.92 Å². The Labute approximate surface area is 157 Å². The molecule has 0 aromatic carbocycles. The van der Waals surface area contributed by atoms with Crippen LogP contribution in [0.5, 0.6) is 5.75 Å². The van der Waals surface area contributed by atoms with Crippen molar-refractivity contribution in [1.82, 2.24) is 15.2 Å². The van der Waals surface area contributed by atoms with Crippen molar-refractivity contribution in [2.24, 2.45) is 0 Å². The molecule has 1 aliphatic heterocycles. The molecule has 2 heterocycles. The summed E-state index contributed by atoms with van der Waals surface area (Å²) in [5.41, 5.74) is 2.28. The Bertz CT molecular complexity index is 483. The molecule has 0 amide bonds. The number of hydrogen-bond acceptors (Lipinski definition) is 5. The van der Waals surface area contributed by atoms with Crippen molar-refractivity contribution in [3.05, 3.63) is 23.0 Å². The highest BCUT2D eigenvalue weighted by Crippen LogP contribution is 2.36. The second-order valence-electron chi connectivity index (χ2n) is 6.09. The van der Waals surface area contributed by atoms with Crippen LogP contribution in [-0.4, -0.2) is 46.3 Å². The van der Waals surface area contributed by atoms with Crippen molar-refractivity contribution in [3.8, 4) is 5.75 Å². The minimum absolute atomic E-state index is 0. The SMILES string of the molecule is CCCCC[C@@H](c1c(CO)cnc(C)c1O)N1CCNCC1.Cl.Cl. The Balaban J connectivity index is 0.00000264. The Morgan fingerprint density at radius 1 is 1.25 bits per heavy atom. The van der Waals surface area contributed by atoms with Crippen LogP contribution < -0.4 is 5.32 Å². The van der Waals surface area contributed by atoms with Crippen LogP contribution in [0.3, 0.4) is 0 Å². The average Bonchev–Trinajstić information content (AvgIpc) is 2.55. The van der Waals surface area contributed by atoms with Crippen LogP contribution in [0.2, 0.25) is 0 Å². The number of nitrogens with zero attached hydrogens (tertiary/aromatic N) is 2. The van der Waals surface area contributed by atoms with Crippen LogP contribution in [0.1, 0.15) is 55.5 Å². The molecular weight excluding hydrogens is 349 g/mol. The number of aliphatic hydroxyl groups excluding tert-OH is 1. The second-order valence-corrected chi connectivity index (χ2v) is 6.09. The van der Waals surface area contributed by atoms with E-state index in [1.165, 1.54) is 12.8 Å². The van der Waals surface area contributed by atoms with Crippen LogP contribution in [-0.2, 0) is 6.61 Å². The van der Waals surface area contributed by atoms with E-state index in [4.69, 9.17) is 0 Å². The number of unbranched alkanes of at least 4 members (excludes halogenated alkanes) is 2. The van der Waals surface area contributed by atoms with Gasteiger partial charge >= 0.3 is 0 Å². The van der Waals surface area contributed by atoms with Crippen molar-refractivity contribution in [2.75, 3.05) is 26.2 Å². The standard InChI is InChI=1S/C17H29N3O2.2ClH/c1-3-4-5-6-15(20-9-7-18-8-10-20)16-14(12-21)11-19-13(2)17(16)22;;/h11,15,18,21-22H,3-10,12H2,1-2H3;2*1H/t15-;;/m0../s1. The molecule has 1 aromatic heterocycles. The third-order valence-corrected chi connectivity index (χ3v) is 4.53. The Kier molecular flexibility index (Phi) is 11.6. The molecular formula is C17H31Cl2N3O2. The number of aryl methyl sites for hydroxylation is 1. The molecule has 0 saturated carbocycles. The van der Waals surface area contributed by atoms with E-state index in [9.17, 15) is 10.2 Å². The third kappa shape index (κ3) is 5.74. The summed E-state index contributed by atoms with van der Waals surface area (Å²) in [6.07, 6.45) is 6.23. The van der Waals surface area contributed by atoms with Gasteiger partial charge in [-0.2, -0.15) is 0 Å². The number of aromatic hydroxyl groups is 1. The minimum atomic E-state index is -0.0768. The summed E-state index contributed by atoms with van der Waals surface area (Å²) in [7, 11) is 0. The average molecular weight is 380 g/mol. The first-order chi connectivity index (χ1) is 10.7. The van der Waals surface area contributed by atoms with E-state index in [1.54, 1.807) is 6.20 Å². The summed E-state index contributed by atoms with van der Waals surface area (Å²) in [6, 6.07) is 0.164. The molecule has 1 aliphatic rings. The molecule has 0 unspecified atom stereocenters. The zero-order valence-corrected chi connectivity index (χ0v) is 16.3. The number of hydrogen-bond donors (Lipinski definition) is 3. The number of pyridine rings is 1. The highest BCUT2D eigenvalue weighted by molar-refractivity contribution is 5.85.